The number of carbonyl (C=O) groups excluding carboxylic acids is 3. The molecule has 0 aliphatic heterocycles. The summed E-state index contributed by atoms with van der Waals surface area (Å²) in [6.07, 6.45) is 0. The van der Waals surface area contributed by atoms with Crippen LogP contribution in [0, 0.1) is 17.0 Å². The van der Waals surface area contributed by atoms with Gasteiger partial charge in [-0.3, -0.25) is 24.5 Å². The first kappa shape index (κ1) is 18.9. The topological polar surface area (TPSA) is 148 Å². The largest absolute Gasteiger partial charge is 0.502 e. The highest BCUT2D eigenvalue weighted by atomic mass is 16.6. The standard InChI is InChI=1S/C14H17N3O7/c1-3-24-11(19)7-15-10(18)6-16-14(21)9-5-4-8(2)13(20)12(9)17(22)23/h4-5,20H,3,6-7H2,1-2H3,(H,15,18)(H,16,21). The van der Waals surface area contributed by atoms with E-state index in [-0.39, 0.29) is 24.3 Å². The predicted molar refractivity (Wildman–Crippen MR) is 81.5 cm³/mol. The molecule has 1 rings (SSSR count). The minimum atomic E-state index is -0.900. The molecule has 0 saturated carbocycles. The van der Waals surface area contributed by atoms with Gasteiger partial charge >= 0.3 is 11.7 Å². The van der Waals surface area contributed by atoms with Crippen molar-refractivity contribution in [1.82, 2.24) is 10.6 Å². The van der Waals surface area contributed by atoms with Crippen molar-refractivity contribution in [3.8, 4) is 5.75 Å². The van der Waals surface area contributed by atoms with E-state index in [9.17, 15) is 29.6 Å². The van der Waals surface area contributed by atoms with Crippen LogP contribution in [0.2, 0.25) is 0 Å². The van der Waals surface area contributed by atoms with Gasteiger partial charge in [0.25, 0.3) is 5.91 Å². The minimum absolute atomic E-state index is 0.173. The molecule has 0 aliphatic carbocycles. The molecular formula is C14H17N3O7. The second-order valence-electron chi connectivity index (χ2n) is 4.65. The van der Waals surface area contributed by atoms with Gasteiger partial charge in [0.1, 0.15) is 12.1 Å². The molecule has 0 spiro atoms. The number of aromatic hydroxyl groups is 1. The van der Waals surface area contributed by atoms with Crippen molar-refractivity contribution in [2.24, 2.45) is 0 Å². The Morgan fingerprint density at radius 3 is 2.50 bits per heavy atom. The minimum Gasteiger partial charge on any atom is -0.502 e. The fourth-order valence-corrected chi connectivity index (χ4v) is 1.75. The van der Waals surface area contributed by atoms with Crippen LogP contribution in [0.4, 0.5) is 5.69 Å². The maximum absolute atomic E-state index is 12.0. The molecule has 1 aromatic rings. The van der Waals surface area contributed by atoms with Gasteiger partial charge < -0.3 is 20.5 Å². The second-order valence-corrected chi connectivity index (χ2v) is 4.65. The lowest BCUT2D eigenvalue weighted by atomic mass is 10.1. The van der Waals surface area contributed by atoms with Crippen LogP contribution in [0.15, 0.2) is 12.1 Å². The zero-order chi connectivity index (χ0) is 18.3. The molecule has 3 N–H and O–H groups in total. The maximum Gasteiger partial charge on any atom is 0.325 e. The molecule has 2 amide bonds. The summed E-state index contributed by atoms with van der Waals surface area (Å²) in [4.78, 5) is 44.7. The molecule has 0 unspecified atom stereocenters. The molecule has 24 heavy (non-hydrogen) atoms. The van der Waals surface area contributed by atoms with E-state index in [4.69, 9.17) is 0 Å². The van der Waals surface area contributed by atoms with Gasteiger partial charge in [-0.05, 0) is 25.5 Å². The van der Waals surface area contributed by atoms with Crippen LogP contribution in [-0.2, 0) is 14.3 Å². The third-order valence-electron chi connectivity index (χ3n) is 2.92. The highest BCUT2D eigenvalue weighted by Crippen LogP contribution is 2.32. The number of rotatable bonds is 7. The van der Waals surface area contributed by atoms with Crippen molar-refractivity contribution in [1.29, 1.82) is 0 Å². The number of phenolic OH excluding ortho intramolecular Hbond substituents is 1. The zero-order valence-corrected chi connectivity index (χ0v) is 13.1. The Morgan fingerprint density at radius 2 is 1.92 bits per heavy atom. The smallest absolute Gasteiger partial charge is 0.325 e. The van der Waals surface area contributed by atoms with Crippen molar-refractivity contribution in [3.05, 3.63) is 33.4 Å². The molecule has 1 aromatic carbocycles. The quantitative estimate of drug-likeness (QED) is 0.360. The number of nitro groups is 1. The van der Waals surface area contributed by atoms with Crippen LogP contribution >= 0.6 is 0 Å². The van der Waals surface area contributed by atoms with Crippen LogP contribution in [0.25, 0.3) is 0 Å². The number of ether oxygens (including phenoxy) is 1. The molecule has 0 radical (unpaired) electrons. The van der Waals surface area contributed by atoms with Crippen molar-refractivity contribution in [3.63, 3.8) is 0 Å². The summed E-state index contributed by atoms with van der Waals surface area (Å²) in [6.45, 7) is 2.39. The van der Waals surface area contributed by atoms with E-state index < -0.39 is 40.7 Å². The lowest BCUT2D eigenvalue weighted by Gasteiger charge is -2.08. The van der Waals surface area contributed by atoms with Crippen molar-refractivity contribution < 1.29 is 29.2 Å². The van der Waals surface area contributed by atoms with Gasteiger partial charge in [-0.15, -0.1) is 0 Å². The summed E-state index contributed by atoms with van der Waals surface area (Å²) >= 11 is 0. The van der Waals surface area contributed by atoms with Gasteiger partial charge in [0, 0.05) is 0 Å². The number of hydrogen-bond acceptors (Lipinski definition) is 7. The van der Waals surface area contributed by atoms with E-state index >= 15 is 0 Å². The fourth-order valence-electron chi connectivity index (χ4n) is 1.75. The summed E-state index contributed by atoms with van der Waals surface area (Å²) in [6, 6.07) is 2.52. The predicted octanol–water partition coefficient (Wildman–Crippen LogP) is 0.0179. The Morgan fingerprint density at radius 1 is 1.25 bits per heavy atom. The van der Waals surface area contributed by atoms with Gasteiger partial charge in [-0.2, -0.15) is 0 Å². The molecule has 0 fully saturated rings. The summed E-state index contributed by atoms with van der Waals surface area (Å²) in [7, 11) is 0. The number of amides is 2. The average molecular weight is 339 g/mol. The highest BCUT2D eigenvalue weighted by Gasteiger charge is 2.26. The molecule has 0 saturated heterocycles. The van der Waals surface area contributed by atoms with Crippen LogP contribution in [-0.4, -0.2) is 47.5 Å². The second kappa shape index (κ2) is 8.46. The molecule has 130 valence electrons. The first-order chi connectivity index (χ1) is 11.3. The number of nitrogens with zero attached hydrogens (tertiary/aromatic N) is 1. The van der Waals surface area contributed by atoms with Gasteiger partial charge in [-0.1, -0.05) is 6.07 Å². The van der Waals surface area contributed by atoms with E-state index in [1.54, 1.807) is 6.92 Å². The first-order valence-corrected chi connectivity index (χ1v) is 6.95. The third-order valence-corrected chi connectivity index (χ3v) is 2.92. The van der Waals surface area contributed by atoms with E-state index in [1.165, 1.54) is 19.1 Å². The summed E-state index contributed by atoms with van der Waals surface area (Å²) in [5.41, 5.74) is -0.869. The number of carbonyl (C=O) groups is 3. The monoisotopic (exact) mass is 339 g/mol. The highest BCUT2D eigenvalue weighted by molar-refractivity contribution is 6.01. The van der Waals surface area contributed by atoms with Crippen LogP contribution in [0.3, 0.4) is 0 Å². The van der Waals surface area contributed by atoms with Crippen molar-refractivity contribution in [2.75, 3.05) is 19.7 Å². The fraction of sp³-hybridized carbons (Fsp3) is 0.357. The average Bonchev–Trinajstić information content (AvgIpc) is 2.52. The molecule has 0 aliphatic rings. The van der Waals surface area contributed by atoms with E-state index in [2.05, 4.69) is 15.4 Å². The maximum atomic E-state index is 12.0. The van der Waals surface area contributed by atoms with Crippen molar-refractivity contribution >= 4 is 23.5 Å². The van der Waals surface area contributed by atoms with E-state index in [1.807, 2.05) is 0 Å². The molecule has 10 nitrogen and oxygen atoms in total. The third kappa shape index (κ3) is 4.93. The molecule has 10 heteroatoms. The summed E-state index contributed by atoms with van der Waals surface area (Å²) in [5, 5.41) is 25.1. The summed E-state index contributed by atoms with van der Waals surface area (Å²) < 4.78 is 4.61. The SMILES string of the molecule is CCOC(=O)CNC(=O)CNC(=O)c1ccc(C)c(O)c1[N+](=O)[O-]. The number of esters is 1. The summed E-state index contributed by atoms with van der Waals surface area (Å²) in [5.74, 6) is -2.81. The molecule has 0 atom stereocenters. The Labute approximate surface area is 136 Å². The Kier molecular flexibility index (Phi) is 6.65. The van der Waals surface area contributed by atoms with Crippen LogP contribution in [0.1, 0.15) is 22.8 Å². The Bertz CT molecular complexity index is 673. The first-order valence-electron chi connectivity index (χ1n) is 6.95. The lowest BCUT2D eigenvalue weighted by molar-refractivity contribution is -0.386. The van der Waals surface area contributed by atoms with Crippen LogP contribution in [0.5, 0.6) is 5.75 Å². The van der Waals surface area contributed by atoms with E-state index in [0.29, 0.717) is 0 Å². The Balaban J connectivity index is 2.69. The van der Waals surface area contributed by atoms with Gasteiger partial charge in [0.15, 0.2) is 5.75 Å². The zero-order valence-electron chi connectivity index (χ0n) is 13.1. The van der Waals surface area contributed by atoms with Gasteiger partial charge in [0.2, 0.25) is 5.91 Å². The normalized spacial score (nSPS) is 9.92. The number of nitro benzene ring substituents is 1. The number of nitrogens with one attached hydrogen (secondary N) is 2. The van der Waals surface area contributed by atoms with Crippen LogP contribution < -0.4 is 10.6 Å². The molecule has 0 bridgehead atoms. The van der Waals surface area contributed by atoms with E-state index in [0.717, 1.165) is 0 Å². The molecule has 0 aromatic heterocycles. The van der Waals surface area contributed by atoms with Crippen molar-refractivity contribution in [2.45, 2.75) is 13.8 Å². The number of aryl methyl sites for hydroxylation is 1. The number of hydrogen-bond donors (Lipinski definition) is 3. The van der Waals surface area contributed by atoms with Gasteiger partial charge in [0.05, 0.1) is 18.1 Å². The molecular weight excluding hydrogens is 322 g/mol. The number of phenols is 1. The molecule has 0 heterocycles. The Hall–Kier alpha value is -3.17. The van der Waals surface area contributed by atoms with Gasteiger partial charge in [-0.25, -0.2) is 0 Å². The lowest BCUT2D eigenvalue weighted by Crippen LogP contribution is -2.39. The number of benzene rings is 1.